The van der Waals surface area contributed by atoms with Crippen LogP contribution in [0.2, 0.25) is 0 Å². The molecule has 1 saturated carbocycles. The molecule has 166 valence electrons. The average molecular weight is 529 g/mol. The fourth-order valence-corrected chi connectivity index (χ4v) is 3.18. The predicted octanol–water partition coefficient (Wildman–Crippen LogP) is 3.89. The van der Waals surface area contributed by atoms with Crippen LogP contribution in [0.3, 0.4) is 0 Å². The van der Waals surface area contributed by atoms with Gasteiger partial charge in [0.25, 0.3) is 0 Å². The van der Waals surface area contributed by atoms with Crippen LogP contribution >= 0.6 is 24.0 Å². The van der Waals surface area contributed by atoms with Gasteiger partial charge in [-0.2, -0.15) is 13.2 Å². The number of methoxy groups -OCH3 is 1. The lowest BCUT2D eigenvalue weighted by molar-refractivity contribution is -0.137. The number of halogens is 4. The molecule has 0 spiro atoms. The Morgan fingerprint density at radius 2 is 2.00 bits per heavy atom. The summed E-state index contributed by atoms with van der Waals surface area (Å²) in [6.45, 7) is 2.94. The average Bonchev–Trinajstić information content (AvgIpc) is 2.64. The van der Waals surface area contributed by atoms with Crippen LogP contribution in [-0.4, -0.2) is 51.3 Å². The van der Waals surface area contributed by atoms with Crippen LogP contribution in [0.5, 0.6) is 0 Å². The van der Waals surface area contributed by atoms with Crippen LogP contribution in [0.25, 0.3) is 0 Å². The molecule has 1 aliphatic rings. The van der Waals surface area contributed by atoms with Crippen molar-refractivity contribution in [2.75, 3.05) is 45.7 Å². The number of aromatic nitrogens is 1. The van der Waals surface area contributed by atoms with E-state index in [0.29, 0.717) is 24.3 Å². The first-order chi connectivity index (χ1) is 13.4. The van der Waals surface area contributed by atoms with E-state index in [2.05, 4.69) is 25.9 Å². The highest BCUT2D eigenvalue weighted by Gasteiger charge is 2.36. The van der Waals surface area contributed by atoms with E-state index in [-0.39, 0.29) is 24.0 Å². The van der Waals surface area contributed by atoms with Crippen molar-refractivity contribution in [3.8, 4) is 0 Å². The van der Waals surface area contributed by atoms with E-state index in [4.69, 9.17) is 4.74 Å². The molecule has 1 aromatic rings. The first kappa shape index (κ1) is 25.7. The Morgan fingerprint density at radius 3 is 2.52 bits per heavy atom. The van der Waals surface area contributed by atoms with Gasteiger partial charge in [0.2, 0.25) is 0 Å². The van der Waals surface area contributed by atoms with E-state index < -0.39 is 11.7 Å². The Kier molecular flexibility index (Phi) is 11.0. The highest BCUT2D eigenvalue weighted by atomic mass is 127. The summed E-state index contributed by atoms with van der Waals surface area (Å²) in [5.74, 6) is 1.19. The zero-order chi connectivity index (χ0) is 20.5. The van der Waals surface area contributed by atoms with Gasteiger partial charge in [-0.1, -0.05) is 6.42 Å². The molecular formula is C19H31F3IN5O. The molecule has 0 aliphatic heterocycles. The van der Waals surface area contributed by atoms with E-state index in [0.717, 1.165) is 44.2 Å². The second-order valence-electron chi connectivity index (χ2n) is 7.16. The fraction of sp³-hybridized carbons (Fsp3) is 0.684. The topological polar surface area (TPSA) is 70.6 Å². The molecule has 2 rings (SSSR count). The van der Waals surface area contributed by atoms with Crippen LogP contribution in [-0.2, 0) is 10.9 Å². The summed E-state index contributed by atoms with van der Waals surface area (Å²) < 4.78 is 42.8. The molecule has 1 aliphatic carbocycles. The fourth-order valence-electron chi connectivity index (χ4n) is 3.18. The zero-order valence-corrected chi connectivity index (χ0v) is 19.3. The van der Waals surface area contributed by atoms with Crippen LogP contribution in [0, 0.1) is 5.41 Å². The SMILES string of the molecule is CN=C(NCCCNc1ccc(C(F)(F)F)cn1)NCC1(CCOC)CCC1.I. The summed E-state index contributed by atoms with van der Waals surface area (Å²) in [6.07, 6.45) is 2.00. The van der Waals surface area contributed by atoms with Crippen LogP contribution < -0.4 is 16.0 Å². The Labute approximate surface area is 187 Å². The first-order valence-corrected chi connectivity index (χ1v) is 9.59. The van der Waals surface area contributed by atoms with Gasteiger partial charge < -0.3 is 20.7 Å². The van der Waals surface area contributed by atoms with E-state index in [9.17, 15) is 13.2 Å². The maximum Gasteiger partial charge on any atom is 0.417 e. The van der Waals surface area contributed by atoms with Gasteiger partial charge in [0.05, 0.1) is 5.56 Å². The number of ether oxygens (including phenoxy) is 1. The van der Waals surface area contributed by atoms with E-state index in [1.165, 1.54) is 25.3 Å². The van der Waals surface area contributed by atoms with E-state index >= 15 is 0 Å². The molecule has 0 saturated heterocycles. The van der Waals surface area contributed by atoms with Crippen molar-refractivity contribution >= 4 is 35.8 Å². The lowest BCUT2D eigenvalue weighted by atomic mass is 9.67. The summed E-state index contributed by atoms with van der Waals surface area (Å²) in [7, 11) is 3.47. The minimum Gasteiger partial charge on any atom is -0.385 e. The second-order valence-corrected chi connectivity index (χ2v) is 7.16. The van der Waals surface area contributed by atoms with Crippen molar-refractivity contribution in [2.24, 2.45) is 10.4 Å². The molecule has 0 bridgehead atoms. The second kappa shape index (κ2) is 12.4. The quantitative estimate of drug-likeness (QED) is 0.186. The number of nitrogens with one attached hydrogen (secondary N) is 3. The zero-order valence-electron chi connectivity index (χ0n) is 16.9. The van der Waals surface area contributed by atoms with Crippen molar-refractivity contribution in [1.82, 2.24) is 15.6 Å². The smallest absolute Gasteiger partial charge is 0.385 e. The summed E-state index contributed by atoms with van der Waals surface area (Å²) in [4.78, 5) is 8.04. The maximum absolute atomic E-state index is 12.5. The summed E-state index contributed by atoms with van der Waals surface area (Å²) in [5.41, 5.74) is -0.437. The minimum absolute atomic E-state index is 0. The third-order valence-corrected chi connectivity index (χ3v) is 5.15. The van der Waals surface area contributed by atoms with Crippen molar-refractivity contribution < 1.29 is 17.9 Å². The van der Waals surface area contributed by atoms with Gasteiger partial charge in [0.1, 0.15) is 5.82 Å². The van der Waals surface area contributed by atoms with Gasteiger partial charge in [-0.05, 0) is 43.2 Å². The number of hydrogen-bond acceptors (Lipinski definition) is 4. The molecular weight excluding hydrogens is 498 g/mol. The van der Waals surface area contributed by atoms with Gasteiger partial charge in [-0.3, -0.25) is 4.99 Å². The molecule has 0 radical (unpaired) electrons. The Morgan fingerprint density at radius 1 is 1.24 bits per heavy atom. The normalized spacial score (nSPS) is 15.8. The molecule has 1 heterocycles. The molecule has 6 nitrogen and oxygen atoms in total. The van der Waals surface area contributed by atoms with Gasteiger partial charge in [0.15, 0.2) is 5.96 Å². The number of rotatable bonds is 10. The van der Waals surface area contributed by atoms with Crippen LogP contribution in [0.1, 0.15) is 37.7 Å². The maximum atomic E-state index is 12.5. The summed E-state index contributed by atoms with van der Waals surface area (Å²) in [5, 5.41) is 9.67. The standard InChI is InChI=1S/C19H30F3N5O.HI/c1-23-17(27-14-18(7-3-8-18)9-12-28-2)25-11-4-10-24-16-6-5-15(13-26-16)19(20,21)22;/h5-6,13H,3-4,7-12,14H2,1-2H3,(H,24,26)(H2,23,25,27);1H. The highest BCUT2D eigenvalue weighted by molar-refractivity contribution is 14.0. The van der Waals surface area contributed by atoms with Crippen molar-refractivity contribution in [1.29, 1.82) is 0 Å². The largest absolute Gasteiger partial charge is 0.417 e. The number of nitrogens with zero attached hydrogens (tertiary/aromatic N) is 2. The number of hydrogen-bond donors (Lipinski definition) is 3. The van der Waals surface area contributed by atoms with Crippen LogP contribution in [0.4, 0.5) is 19.0 Å². The van der Waals surface area contributed by atoms with Gasteiger partial charge >= 0.3 is 6.18 Å². The summed E-state index contributed by atoms with van der Waals surface area (Å²) >= 11 is 0. The third-order valence-electron chi connectivity index (χ3n) is 5.15. The number of pyridine rings is 1. The van der Waals surface area contributed by atoms with Crippen molar-refractivity contribution in [3.05, 3.63) is 23.9 Å². The number of aliphatic imine (C=N–C) groups is 1. The highest BCUT2D eigenvalue weighted by Crippen LogP contribution is 2.43. The number of alkyl halides is 3. The molecule has 29 heavy (non-hydrogen) atoms. The molecule has 1 aromatic heterocycles. The Balaban J connectivity index is 0.00000420. The molecule has 0 unspecified atom stereocenters. The number of guanidine groups is 1. The van der Waals surface area contributed by atoms with E-state index in [1.54, 1.807) is 14.2 Å². The van der Waals surface area contributed by atoms with Crippen LogP contribution in [0.15, 0.2) is 23.3 Å². The van der Waals surface area contributed by atoms with Gasteiger partial charge in [-0.15, -0.1) is 24.0 Å². The number of anilines is 1. The molecule has 1 fully saturated rings. The first-order valence-electron chi connectivity index (χ1n) is 9.59. The molecule has 10 heteroatoms. The lowest BCUT2D eigenvalue weighted by Gasteiger charge is -2.42. The van der Waals surface area contributed by atoms with Crippen molar-refractivity contribution in [3.63, 3.8) is 0 Å². The lowest BCUT2D eigenvalue weighted by Crippen LogP contribution is -2.47. The van der Waals surface area contributed by atoms with E-state index in [1.807, 2.05) is 0 Å². The van der Waals surface area contributed by atoms with Gasteiger partial charge in [-0.25, -0.2) is 4.98 Å². The third kappa shape index (κ3) is 8.53. The van der Waals surface area contributed by atoms with Gasteiger partial charge in [0, 0.05) is 46.6 Å². The predicted molar refractivity (Wildman–Crippen MR) is 120 cm³/mol. The monoisotopic (exact) mass is 529 g/mol. The Hall–Kier alpha value is -1.30. The Bertz CT molecular complexity index is 621. The molecule has 0 atom stereocenters. The summed E-state index contributed by atoms with van der Waals surface area (Å²) in [6, 6.07) is 2.37. The van der Waals surface area contributed by atoms with Crippen molar-refractivity contribution in [2.45, 2.75) is 38.3 Å². The molecule has 0 amide bonds. The molecule has 3 N–H and O–H groups in total. The molecule has 0 aromatic carbocycles. The minimum atomic E-state index is -4.36.